The van der Waals surface area contributed by atoms with E-state index in [1.54, 1.807) is 0 Å². The van der Waals surface area contributed by atoms with Crippen LogP contribution in [-0.2, 0) is 0 Å². The predicted octanol–water partition coefficient (Wildman–Crippen LogP) is 0.383. The van der Waals surface area contributed by atoms with Crippen LogP contribution in [0.25, 0.3) is 0 Å². The van der Waals surface area contributed by atoms with Gasteiger partial charge in [-0.3, -0.25) is 4.90 Å². The fraction of sp³-hybridized carbons (Fsp3) is 0.455. The summed E-state index contributed by atoms with van der Waals surface area (Å²) in [6, 6.07) is 10.6. The van der Waals surface area contributed by atoms with Crippen molar-refractivity contribution in [3.63, 3.8) is 0 Å². The Labute approximate surface area is 84.4 Å². The standard InChI is InChI=1S/C11H15N2O/c14-11(10-4-2-1-3-5-10)13-8-6-12-7-9-13/h1-4,11-12,14H,6-9H2. The second-order valence-corrected chi connectivity index (χ2v) is 3.48. The minimum Gasteiger partial charge on any atom is -0.374 e. The van der Waals surface area contributed by atoms with Crippen LogP contribution >= 0.6 is 0 Å². The maximum atomic E-state index is 10.0. The van der Waals surface area contributed by atoms with Gasteiger partial charge in [-0.15, -0.1) is 0 Å². The van der Waals surface area contributed by atoms with Gasteiger partial charge in [-0.1, -0.05) is 24.3 Å². The molecule has 0 amide bonds. The van der Waals surface area contributed by atoms with Crippen LogP contribution in [0.15, 0.2) is 24.3 Å². The zero-order valence-electron chi connectivity index (χ0n) is 8.11. The first-order valence-electron chi connectivity index (χ1n) is 4.97. The summed E-state index contributed by atoms with van der Waals surface area (Å²) in [5.74, 6) is 0. The molecule has 0 bridgehead atoms. The molecule has 1 unspecified atom stereocenters. The van der Waals surface area contributed by atoms with Crippen LogP contribution in [0.5, 0.6) is 0 Å². The Hall–Kier alpha value is -0.900. The molecule has 1 radical (unpaired) electrons. The molecule has 0 aliphatic carbocycles. The molecule has 1 aromatic carbocycles. The van der Waals surface area contributed by atoms with E-state index in [9.17, 15) is 5.11 Å². The zero-order chi connectivity index (χ0) is 9.80. The van der Waals surface area contributed by atoms with E-state index >= 15 is 0 Å². The first kappa shape index (κ1) is 9.65. The van der Waals surface area contributed by atoms with Crippen LogP contribution in [-0.4, -0.2) is 36.2 Å². The van der Waals surface area contributed by atoms with Gasteiger partial charge in [0.05, 0.1) is 0 Å². The average molecular weight is 191 g/mol. The smallest absolute Gasteiger partial charge is 0.134 e. The monoisotopic (exact) mass is 191 g/mol. The molecule has 2 rings (SSSR count). The number of aliphatic hydroxyl groups excluding tert-OH is 1. The van der Waals surface area contributed by atoms with Gasteiger partial charge in [0, 0.05) is 31.7 Å². The van der Waals surface area contributed by atoms with Crippen molar-refractivity contribution in [2.24, 2.45) is 0 Å². The SMILES string of the molecule is OC(c1[c]cccc1)N1CCNCC1. The quantitative estimate of drug-likeness (QED) is 0.709. The van der Waals surface area contributed by atoms with Crippen molar-refractivity contribution in [3.05, 3.63) is 35.9 Å². The number of hydrogen-bond acceptors (Lipinski definition) is 3. The van der Waals surface area contributed by atoms with Gasteiger partial charge < -0.3 is 10.4 Å². The third kappa shape index (κ3) is 2.12. The third-order valence-electron chi connectivity index (χ3n) is 2.51. The summed E-state index contributed by atoms with van der Waals surface area (Å²) in [5.41, 5.74) is 0.856. The average Bonchev–Trinajstić information content (AvgIpc) is 2.30. The lowest BCUT2D eigenvalue weighted by Gasteiger charge is -2.31. The summed E-state index contributed by atoms with van der Waals surface area (Å²) in [6.07, 6.45) is -0.502. The van der Waals surface area contributed by atoms with E-state index in [2.05, 4.69) is 16.3 Å². The molecule has 75 valence electrons. The molecule has 1 aromatic rings. The summed E-state index contributed by atoms with van der Waals surface area (Å²) in [7, 11) is 0. The Bertz CT molecular complexity index is 270. The van der Waals surface area contributed by atoms with E-state index in [1.165, 1.54) is 0 Å². The molecule has 0 aromatic heterocycles. The molecule has 14 heavy (non-hydrogen) atoms. The zero-order valence-corrected chi connectivity index (χ0v) is 8.11. The van der Waals surface area contributed by atoms with E-state index in [4.69, 9.17) is 0 Å². The van der Waals surface area contributed by atoms with Crippen molar-refractivity contribution in [2.45, 2.75) is 6.23 Å². The second kappa shape index (κ2) is 4.55. The molecule has 1 saturated heterocycles. The van der Waals surface area contributed by atoms with Gasteiger partial charge in [-0.25, -0.2) is 0 Å². The van der Waals surface area contributed by atoms with Crippen LogP contribution in [0.4, 0.5) is 0 Å². The van der Waals surface area contributed by atoms with E-state index in [0.717, 1.165) is 31.7 Å². The number of aliphatic hydroxyl groups is 1. The van der Waals surface area contributed by atoms with Crippen molar-refractivity contribution >= 4 is 0 Å². The fourth-order valence-electron chi connectivity index (χ4n) is 1.69. The lowest BCUT2D eigenvalue weighted by molar-refractivity contribution is -0.00563. The number of piperazine rings is 1. The summed E-state index contributed by atoms with van der Waals surface area (Å²) >= 11 is 0. The van der Waals surface area contributed by atoms with Crippen molar-refractivity contribution in [1.82, 2.24) is 10.2 Å². The maximum absolute atomic E-state index is 10.0. The van der Waals surface area contributed by atoms with Crippen LogP contribution in [0, 0.1) is 6.07 Å². The molecule has 0 spiro atoms. The van der Waals surface area contributed by atoms with Gasteiger partial charge in [0.1, 0.15) is 6.23 Å². The molecule has 1 heterocycles. The summed E-state index contributed by atoms with van der Waals surface area (Å²) in [6.45, 7) is 3.68. The van der Waals surface area contributed by atoms with Crippen molar-refractivity contribution in [1.29, 1.82) is 0 Å². The van der Waals surface area contributed by atoms with E-state index in [0.29, 0.717) is 0 Å². The van der Waals surface area contributed by atoms with E-state index in [1.807, 2.05) is 24.3 Å². The Morgan fingerprint density at radius 3 is 2.79 bits per heavy atom. The Balaban J connectivity index is 2.03. The summed E-state index contributed by atoms with van der Waals surface area (Å²) < 4.78 is 0. The van der Waals surface area contributed by atoms with Gasteiger partial charge in [0.25, 0.3) is 0 Å². The number of benzene rings is 1. The third-order valence-corrected chi connectivity index (χ3v) is 2.51. The molecule has 1 atom stereocenters. The predicted molar refractivity (Wildman–Crippen MR) is 54.7 cm³/mol. The Morgan fingerprint density at radius 1 is 1.36 bits per heavy atom. The lowest BCUT2D eigenvalue weighted by Crippen LogP contribution is -2.45. The van der Waals surface area contributed by atoms with Gasteiger partial charge >= 0.3 is 0 Å². The molecule has 0 saturated carbocycles. The molecule has 2 N–H and O–H groups in total. The van der Waals surface area contributed by atoms with E-state index < -0.39 is 6.23 Å². The Morgan fingerprint density at radius 2 is 2.14 bits per heavy atom. The highest BCUT2D eigenvalue weighted by atomic mass is 16.3. The highest BCUT2D eigenvalue weighted by Gasteiger charge is 2.18. The molecule has 3 heteroatoms. The van der Waals surface area contributed by atoms with Gasteiger partial charge in [-0.05, 0) is 6.07 Å². The second-order valence-electron chi connectivity index (χ2n) is 3.48. The largest absolute Gasteiger partial charge is 0.374 e. The minimum atomic E-state index is -0.502. The Kier molecular flexibility index (Phi) is 3.14. The number of nitrogens with zero attached hydrogens (tertiary/aromatic N) is 1. The minimum absolute atomic E-state index is 0.502. The normalized spacial score (nSPS) is 20.6. The number of hydrogen-bond donors (Lipinski definition) is 2. The number of rotatable bonds is 2. The van der Waals surface area contributed by atoms with Gasteiger partial charge in [0.2, 0.25) is 0 Å². The van der Waals surface area contributed by atoms with Crippen molar-refractivity contribution < 1.29 is 5.11 Å². The topological polar surface area (TPSA) is 35.5 Å². The van der Waals surface area contributed by atoms with Crippen LogP contribution in [0.1, 0.15) is 11.8 Å². The first-order chi connectivity index (χ1) is 6.88. The van der Waals surface area contributed by atoms with Crippen molar-refractivity contribution in [3.8, 4) is 0 Å². The molecule has 1 fully saturated rings. The first-order valence-corrected chi connectivity index (χ1v) is 4.97. The highest BCUT2D eigenvalue weighted by Crippen LogP contribution is 2.16. The maximum Gasteiger partial charge on any atom is 0.134 e. The van der Waals surface area contributed by atoms with Gasteiger partial charge in [0.15, 0.2) is 0 Å². The fourth-order valence-corrected chi connectivity index (χ4v) is 1.69. The molecular formula is C11H15N2O. The molecule has 1 aliphatic rings. The van der Waals surface area contributed by atoms with E-state index in [-0.39, 0.29) is 0 Å². The lowest BCUT2D eigenvalue weighted by atomic mass is 10.1. The summed E-state index contributed by atoms with van der Waals surface area (Å²) in [4.78, 5) is 2.06. The van der Waals surface area contributed by atoms with Crippen LogP contribution in [0.2, 0.25) is 0 Å². The van der Waals surface area contributed by atoms with Crippen molar-refractivity contribution in [2.75, 3.05) is 26.2 Å². The summed E-state index contributed by atoms with van der Waals surface area (Å²) in [5, 5.41) is 13.3. The van der Waals surface area contributed by atoms with Crippen LogP contribution in [0.3, 0.4) is 0 Å². The molecule has 3 nitrogen and oxygen atoms in total. The molecular weight excluding hydrogens is 176 g/mol. The highest BCUT2D eigenvalue weighted by molar-refractivity contribution is 5.15. The molecule has 1 aliphatic heterocycles. The number of nitrogens with one attached hydrogen (secondary N) is 1. The van der Waals surface area contributed by atoms with Gasteiger partial charge in [-0.2, -0.15) is 0 Å². The van der Waals surface area contributed by atoms with Crippen LogP contribution < -0.4 is 5.32 Å².